The third-order valence-corrected chi connectivity index (χ3v) is 6.34. The maximum Gasteiger partial charge on any atom is 0.274 e. The maximum atomic E-state index is 13.0. The number of piperidine rings is 1. The predicted molar refractivity (Wildman–Crippen MR) is 129 cm³/mol. The molecule has 2 N–H and O–H groups in total. The number of aromatic amines is 1. The molecule has 33 heavy (non-hydrogen) atoms. The molecule has 1 amide bonds. The molecule has 0 radical (unpaired) electrons. The molecule has 1 aliphatic heterocycles. The number of anilines is 2. The van der Waals surface area contributed by atoms with Gasteiger partial charge in [0.1, 0.15) is 17.2 Å². The number of nitrogens with one attached hydrogen (secondary N) is 2. The van der Waals surface area contributed by atoms with E-state index < -0.39 is 0 Å². The van der Waals surface area contributed by atoms with E-state index in [1.807, 2.05) is 43.3 Å². The van der Waals surface area contributed by atoms with Gasteiger partial charge in [0.25, 0.3) is 5.56 Å². The summed E-state index contributed by atoms with van der Waals surface area (Å²) in [6.45, 7) is 3.57. The highest BCUT2D eigenvalue weighted by molar-refractivity contribution is 5.95. The second-order valence-corrected chi connectivity index (χ2v) is 8.53. The minimum absolute atomic E-state index is 0.00905. The molecule has 0 atom stereocenters. The highest BCUT2D eigenvalue weighted by atomic mass is 16.2. The molecule has 4 aromatic rings. The lowest BCUT2D eigenvalue weighted by atomic mass is 9.96. The van der Waals surface area contributed by atoms with Gasteiger partial charge < -0.3 is 19.8 Å². The first-order chi connectivity index (χ1) is 16.0. The van der Waals surface area contributed by atoms with Gasteiger partial charge in [-0.1, -0.05) is 12.1 Å². The van der Waals surface area contributed by atoms with Crippen LogP contribution in [0, 0.1) is 12.8 Å². The predicted octanol–water partition coefficient (Wildman–Crippen LogP) is 3.49. The van der Waals surface area contributed by atoms with Crippen molar-refractivity contribution < 1.29 is 4.79 Å². The van der Waals surface area contributed by atoms with Crippen LogP contribution in [-0.4, -0.2) is 38.5 Å². The van der Waals surface area contributed by atoms with Crippen LogP contribution >= 0.6 is 0 Å². The van der Waals surface area contributed by atoms with Crippen LogP contribution < -0.4 is 15.8 Å². The third kappa shape index (κ3) is 4.00. The van der Waals surface area contributed by atoms with Gasteiger partial charge in [-0.25, -0.2) is 9.97 Å². The summed E-state index contributed by atoms with van der Waals surface area (Å²) in [5.74, 6) is 1.40. The molecular formula is C25H26N6O2. The van der Waals surface area contributed by atoms with Gasteiger partial charge in [0, 0.05) is 55.6 Å². The van der Waals surface area contributed by atoms with Gasteiger partial charge in [0.2, 0.25) is 5.91 Å². The zero-order chi connectivity index (χ0) is 22.9. The summed E-state index contributed by atoms with van der Waals surface area (Å²) < 4.78 is 1.55. The number of aromatic nitrogens is 4. The van der Waals surface area contributed by atoms with E-state index in [-0.39, 0.29) is 17.4 Å². The fourth-order valence-corrected chi connectivity index (χ4v) is 4.47. The largest absolute Gasteiger partial charge is 0.357 e. The normalized spacial score (nSPS) is 14.5. The average Bonchev–Trinajstić information content (AvgIpc) is 3.34. The monoisotopic (exact) mass is 442 g/mol. The van der Waals surface area contributed by atoms with Gasteiger partial charge >= 0.3 is 0 Å². The van der Waals surface area contributed by atoms with E-state index >= 15 is 0 Å². The summed E-state index contributed by atoms with van der Waals surface area (Å²) >= 11 is 0. The lowest BCUT2D eigenvalue weighted by molar-refractivity contribution is -0.120. The van der Waals surface area contributed by atoms with Crippen LogP contribution in [0.15, 0.2) is 59.8 Å². The molecule has 8 nitrogen and oxygen atoms in total. The van der Waals surface area contributed by atoms with Crippen LogP contribution in [0.5, 0.6) is 0 Å². The fraction of sp³-hybridized carbons (Fsp3) is 0.280. The van der Waals surface area contributed by atoms with Crippen molar-refractivity contribution in [1.82, 2.24) is 19.5 Å². The number of nitrogens with zero attached hydrogens (tertiary/aromatic N) is 4. The average molecular weight is 443 g/mol. The molecule has 1 aliphatic rings. The number of carbonyl (C=O) groups is 1. The molecule has 0 aromatic carbocycles. The van der Waals surface area contributed by atoms with Gasteiger partial charge in [-0.15, -0.1) is 0 Å². The number of fused-ring (bicyclic) bond motifs is 1. The summed E-state index contributed by atoms with van der Waals surface area (Å²) in [7, 11) is 1.73. The van der Waals surface area contributed by atoms with Crippen molar-refractivity contribution in [3.63, 3.8) is 0 Å². The molecule has 0 unspecified atom stereocenters. The Balaban J connectivity index is 1.34. The smallest absolute Gasteiger partial charge is 0.274 e. The van der Waals surface area contributed by atoms with Gasteiger partial charge in [-0.3, -0.25) is 9.59 Å². The van der Waals surface area contributed by atoms with Crippen LogP contribution in [0.3, 0.4) is 0 Å². The molecule has 5 heterocycles. The van der Waals surface area contributed by atoms with Crippen LogP contribution in [-0.2, 0) is 11.8 Å². The first-order valence-corrected chi connectivity index (χ1v) is 11.1. The second kappa shape index (κ2) is 8.54. The Labute approximate surface area is 191 Å². The number of carbonyl (C=O) groups excluding carboxylic acids is 1. The van der Waals surface area contributed by atoms with Gasteiger partial charge in [0.15, 0.2) is 0 Å². The Morgan fingerprint density at radius 1 is 1.15 bits per heavy atom. The molecule has 0 bridgehead atoms. The second-order valence-electron chi connectivity index (χ2n) is 8.53. The first kappa shape index (κ1) is 20.9. The molecule has 168 valence electrons. The van der Waals surface area contributed by atoms with Crippen molar-refractivity contribution in [3.8, 4) is 11.3 Å². The van der Waals surface area contributed by atoms with E-state index in [0.717, 1.165) is 54.0 Å². The van der Waals surface area contributed by atoms with Crippen molar-refractivity contribution in [1.29, 1.82) is 0 Å². The number of pyridine rings is 3. The summed E-state index contributed by atoms with van der Waals surface area (Å²) in [6, 6.07) is 11.5. The Morgan fingerprint density at radius 2 is 1.97 bits per heavy atom. The molecular weight excluding hydrogens is 416 g/mol. The van der Waals surface area contributed by atoms with Crippen molar-refractivity contribution >= 4 is 28.4 Å². The minimum Gasteiger partial charge on any atom is -0.357 e. The number of amides is 1. The van der Waals surface area contributed by atoms with Crippen molar-refractivity contribution in [2.24, 2.45) is 13.0 Å². The van der Waals surface area contributed by atoms with Crippen LogP contribution in [0.4, 0.5) is 11.6 Å². The topological polar surface area (TPSA) is 95.9 Å². The van der Waals surface area contributed by atoms with Crippen molar-refractivity contribution in [2.45, 2.75) is 19.8 Å². The van der Waals surface area contributed by atoms with E-state index in [4.69, 9.17) is 4.98 Å². The minimum atomic E-state index is -0.0853. The standard InChI is InChI=1S/C25H26N6O2/c1-16-6-7-20(28-22(16)19-15-30(2)25(33)23-18(19)8-12-27-23)29-24(32)17-9-13-31(14-10-17)21-5-3-4-11-26-21/h3-8,11-12,15,17,27H,9-10,13-14H2,1-2H3,(H,28,29,32). The molecule has 1 saturated heterocycles. The Hall–Kier alpha value is -3.94. The highest BCUT2D eigenvalue weighted by Gasteiger charge is 2.26. The zero-order valence-corrected chi connectivity index (χ0v) is 18.7. The molecule has 0 saturated carbocycles. The quantitative estimate of drug-likeness (QED) is 0.504. The SMILES string of the molecule is Cc1ccc(NC(=O)C2CCN(c3ccccn3)CC2)nc1-c1cn(C)c(=O)c2[nH]ccc12. The Bertz CT molecular complexity index is 1370. The number of rotatable bonds is 4. The van der Waals surface area contributed by atoms with Gasteiger partial charge in [-0.2, -0.15) is 0 Å². The number of aryl methyl sites for hydroxylation is 2. The lowest BCUT2D eigenvalue weighted by Gasteiger charge is -2.32. The fourth-order valence-electron chi connectivity index (χ4n) is 4.47. The van der Waals surface area contributed by atoms with E-state index in [0.29, 0.717) is 11.3 Å². The molecule has 5 rings (SSSR count). The number of H-pyrrole nitrogens is 1. The van der Waals surface area contributed by atoms with Gasteiger partial charge in [-0.05, 0) is 49.6 Å². The van der Waals surface area contributed by atoms with Crippen molar-refractivity contribution in [2.75, 3.05) is 23.3 Å². The summed E-state index contributed by atoms with van der Waals surface area (Å²) in [4.78, 5) is 39.8. The first-order valence-electron chi connectivity index (χ1n) is 11.1. The van der Waals surface area contributed by atoms with E-state index in [2.05, 4.69) is 20.2 Å². The highest BCUT2D eigenvalue weighted by Crippen LogP contribution is 2.29. The summed E-state index contributed by atoms with van der Waals surface area (Å²) in [5, 5.41) is 3.83. The van der Waals surface area contributed by atoms with Crippen molar-refractivity contribution in [3.05, 3.63) is 70.9 Å². The Kier molecular flexibility index (Phi) is 5.42. The molecule has 0 aliphatic carbocycles. The molecule has 1 fully saturated rings. The van der Waals surface area contributed by atoms with Gasteiger partial charge in [0.05, 0.1) is 5.69 Å². The zero-order valence-electron chi connectivity index (χ0n) is 18.7. The summed E-state index contributed by atoms with van der Waals surface area (Å²) in [5.41, 5.74) is 3.03. The van der Waals surface area contributed by atoms with E-state index in [9.17, 15) is 9.59 Å². The van der Waals surface area contributed by atoms with Crippen LogP contribution in [0.2, 0.25) is 0 Å². The third-order valence-electron chi connectivity index (χ3n) is 6.34. The summed E-state index contributed by atoms with van der Waals surface area (Å²) in [6.07, 6.45) is 6.89. The maximum absolute atomic E-state index is 13.0. The van der Waals surface area contributed by atoms with E-state index in [1.54, 1.807) is 30.2 Å². The van der Waals surface area contributed by atoms with E-state index in [1.165, 1.54) is 0 Å². The van der Waals surface area contributed by atoms with Crippen LogP contribution in [0.25, 0.3) is 22.2 Å². The molecule has 8 heteroatoms. The molecule has 4 aromatic heterocycles. The van der Waals surface area contributed by atoms with Crippen LogP contribution in [0.1, 0.15) is 18.4 Å². The number of hydrogen-bond donors (Lipinski definition) is 2. The molecule has 0 spiro atoms. The Morgan fingerprint density at radius 3 is 2.73 bits per heavy atom. The lowest BCUT2D eigenvalue weighted by Crippen LogP contribution is -2.38. The number of hydrogen-bond acceptors (Lipinski definition) is 5.